The molecule has 2 aromatic rings. The fraction of sp³-hybridized carbons (Fsp3) is 0.214. The van der Waals surface area contributed by atoms with Crippen molar-refractivity contribution >= 4 is 34.5 Å². The highest BCUT2D eigenvalue weighted by Gasteiger charge is 2.25. The van der Waals surface area contributed by atoms with Gasteiger partial charge in [0.2, 0.25) is 5.91 Å². The molecule has 0 saturated carbocycles. The molecule has 104 valence electrons. The number of thiophene rings is 1. The van der Waals surface area contributed by atoms with Crippen molar-refractivity contribution in [1.29, 1.82) is 0 Å². The Kier molecular flexibility index (Phi) is 3.40. The molecule has 1 aromatic carbocycles. The van der Waals surface area contributed by atoms with Crippen LogP contribution in [0.15, 0.2) is 24.3 Å². The van der Waals surface area contributed by atoms with Crippen LogP contribution in [0.2, 0.25) is 4.34 Å². The van der Waals surface area contributed by atoms with Crippen LogP contribution in [0.5, 0.6) is 0 Å². The molecule has 0 aliphatic heterocycles. The Morgan fingerprint density at radius 1 is 1.45 bits per heavy atom. The summed E-state index contributed by atoms with van der Waals surface area (Å²) in [6.45, 7) is 0. The highest BCUT2D eigenvalue weighted by molar-refractivity contribution is 7.16. The predicted octanol–water partition coefficient (Wildman–Crippen LogP) is 3.74. The fourth-order valence-electron chi connectivity index (χ4n) is 2.46. The molecule has 3 N–H and O–H groups in total. The molecule has 1 aliphatic rings. The van der Waals surface area contributed by atoms with Crippen molar-refractivity contribution in [3.63, 3.8) is 0 Å². The highest BCUT2D eigenvalue weighted by Crippen LogP contribution is 2.41. The standard InChI is InChI=1S/C14H12ClFN2OS/c15-13-6-8-10(3-4-12(8)20-13)18-11-5-7(14(17)19)1-2-9(11)16/h1-2,5-6,10,18H,3-4H2,(H2,17,19). The third-order valence-electron chi connectivity index (χ3n) is 3.43. The van der Waals surface area contributed by atoms with E-state index in [0.717, 1.165) is 22.7 Å². The van der Waals surface area contributed by atoms with Crippen molar-refractivity contribution in [3.05, 3.63) is 50.4 Å². The molecular weight excluding hydrogens is 299 g/mol. The Labute approximate surface area is 124 Å². The van der Waals surface area contributed by atoms with Crippen LogP contribution >= 0.6 is 22.9 Å². The van der Waals surface area contributed by atoms with E-state index in [1.807, 2.05) is 6.07 Å². The molecule has 1 unspecified atom stereocenters. The molecular formula is C14H12ClFN2OS. The van der Waals surface area contributed by atoms with Gasteiger partial charge in [-0.3, -0.25) is 4.79 Å². The maximum atomic E-state index is 13.8. The number of primary amides is 1. The summed E-state index contributed by atoms with van der Waals surface area (Å²) in [7, 11) is 0. The molecule has 0 spiro atoms. The maximum Gasteiger partial charge on any atom is 0.248 e. The topological polar surface area (TPSA) is 55.1 Å². The van der Waals surface area contributed by atoms with E-state index in [4.69, 9.17) is 17.3 Å². The normalized spacial score (nSPS) is 17.0. The summed E-state index contributed by atoms with van der Waals surface area (Å²) in [6.07, 6.45) is 1.82. The zero-order valence-corrected chi connectivity index (χ0v) is 12.0. The number of aryl methyl sites for hydroxylation is 1. The van der Waals surface area contributed by atoms with E-state index >= 15 is 0 Å². The minimum atomic E-state index is -0.571. The smallest absolute Gasteiger partial charge is 0.248 e. The second kappa shape index (κ2) is 5.07. The zero-order valence-electron chi connectivity index (χ0n) is 10.5. The summed E-state index contributed by atoms with van der Waals surface area (Å²) < 4.78 is 14.6. The Morgan fingerprint density at radius 3 is 3.00 bits per heavy atom. The third-order valence-corrected chi connectivity index (χ3v) is 4.77. The van der Waals surface area contributed by atoms with Gasteiger partial charge in [-0.25, -0.2) is 4.39 Å². The molecule has 0 bridgehead atoms. The predicted molar refractivity (Wildman–Crippen MR) is 78.9 cm³/mol. The van der Waals surface area contributed by atoms with Gasteiger partial charge in [0.05, 0.1) is 16.1 Å². The Balaban J connectivity index is 1.88. The third kappa shape index (κ3) is 2.39. The number of carbonyl (C=O) groups excluding carboxylic acids is 1. The molecule has 1 amide bonds. The average Bonchev–Trinajstić information content (AvgIpc) is 2.92. The number of anilines is 1. The molecule has 1 atom stereocenters. The molecule has 0 radical (unpaired) electrons. The summed E-state index contributed by atoms with van der Waals surface area (Å²) in [5, 5.41) is 3.14. The summed E-state index contributed by atoms with van der Waals surface area (Å²) in [5.74, 6) is -0.969. The number of carbonyl (C=O) groups is 1. The molecule has 1 aromatic heterocycles. The number of hydrogen-bond donors (Lipinski definition) is 2. The molecule has 1 heterocycles. The molecule has 6 heteroatoms. The van der Waals surface area contributed by atoms with Gasteiger partial charge in [0, 0.05) is 10.4 Å². The first-order chi connectivity index (χ1) is 9.54. The number of hydrogen-bond acceptors (Lipinski definition) is 3. The van der Waals surface area contributed by atoms with Gasteiger partial charge >= 0.3 is 0 Å². The van der Waals surface area contributed by atoms with Crippen molar-refractivity contribution in [2.75, 3.05) is 5.32 Å². The molecule has 20 heavy (non-hydrogen) atoms. The van der Waals surface area contributed by atoms with E-state index in [-0.39, 0.29) is 11.6 Å². The zero-order chi connectivity index (χ0) is 14.3. The van der Waals surface area contributed by atoms with Crippen LogP contribution in [0.4, 0.5) is 10.1 Å². The van der Waals surface area contributed by atoms with Crippen LogP contribution in [-0.2, 0) is 6.42 Å². The monoisotopic (exact) mass is 310 g/mol. The first-order valence-electron chi connectivity index (χ1n) is 6.18. The number of halogens is 2. The van der Waals surface area contributed by atoms with Gasteiger partial charge in [-0.2, -0.15) is 0 Å². The van der Waals surface area contributed by atoms with Crippen LogP contribution in [-0.4, -0.2) is 5.91 Å². The summed E-state index contributed by atoms with van der Waals surface area (Å²) in [5.41, 5.74) is 6.91. The van der Waals surface area contributed by atoms with Gasteiger partial charge in [-0.05, 0) is 42.7 Å². The van der Waals surface area contributed by atoms with Gasteiger partial charge in [0.15, 0.2) is 0 Å². The summed E-state index contributed by atoms with van der Waals surface area (Å²) in [6, 6.07) is 6.01. The van der Waals surface area contributed by atoms with Gasteiger partial charge in [-0.1, -0.05) is 11.6 Å². The van der Waals surface area contributed by atoms with Crippen molar-refractivity contribution in [3.8, 4) is 0 Å². The largest absolute Gasteiger partial charge is 0.376 e. The molecule has 3 rings (SSSR count). The maximum absolute atomic E-state index is 13.8. The number of nitrogens with two attached hydrogens (primary N) is 1. The van der Waals surface area contributed by atoms with E-state index in [0.29, 0.717) is 5.69 Å². The SMILES string of the molecule is NC(=O)c1ccc(F)c(NC2CCc3sc(Cl)cc32)c1. The van der Waals surface area contributed by atoms with Gasteiger partial charge in [-0.15, -0.1) is 11.3 Å². The molecule has 3 nitrogen and oxygen atoms in total. The number of amides is 1. The van der Waals surface area contributed by atoms with Crippen LogP contribution in [0.1, 0.15) is 33.3 Å². The van der Waals surface area contributed by atoms with Crippen LogP contribution in [0, 0.1) is 5.82 Å². The van der Waals surface area contributed by atoms with E-state index in [1.165, 1.54) is 23.1 Å². The Hall–Kier alpha value is -1.59. The Morgan fingerprint density at radius 2 is 2.25 bits per heavy atom. The number of fused-ring (bicyclic) bond motifs is 1. The number of nitrogens with one attached hydrogen (secondary N) is 1. The lowest BCUT2D eigenvalue weighted by Crippen LogP contribution is -2.13. The van der Waals surface area contributed by atoms with Gasteiger partial charge in [0.1, 0.15) is 5.82 Å². The summed E-state index contributed by atoms with van der Waals surface area (Å²) in [4.78, 5) is 12.4. The van der Waals surface area contributed by atoms with Crippen molar-refractivity contribution in [1.82, 2.24) is 0 Å². The lowest BCUT2D eigenvalue weighted by Gasteiger charge is -2.15. The van der Waals surface area contributed by atoms with E-state index in [9.17, 15) is 9.18 Å². The first-order valence-corrected chi connectivity index (χ1v) is 7.38. The quantitative estimate of drug-likeness (QED) is 0.907. The van der Waals surface area contributed by atoms with E-state index < -0.39 is 11.7 Å². The number of benzene rings is 1. The van der Waals surface area contributed by atoms with E-state index in [1.54, 1.807) is 11.3 Å². The second-order valence-electron chi connectivity index (χ2n) is 4.72. The molecule has 0 fully saturated rings. The fourth-order valence-corrected chi connectivity index (χ4v) is 3.81. The average molecular weight is 311 g/mol. The van der Waals surface area contributed by atoms with Gasteiger partial charge < -0.3 is 11.1 Å². The highest BCUT2D eigenvalue weighted by atomic mass is 35.5. The minimum absolute atomic E-state index is 0.0198. The van der Waals surface area contributed by atoms with Crippen molar-refractivity contribution in [2.45, 2.75) is 18.9 Å². The molecule has 1 aliphatic carbocycles. The lowest BCUT2D eigenvalue weighted by molar-refractivity contribution is 0.100. The lowest BCUT2D eigenvalue weighted by atomic mass is 10.1. The van der Waals surface area contributed by atoms with Crippen LogP contribution in [0.25, 0.3) is 0 Å². The van der Waals surface area contributed by atoms with Crippen molar-refractivity contribution < 1.29 is 9.18 Å². The number of rotatable bonds is 3. The van der Waals surface area contributed by atoms with Crippen LogP contribution in [0.3, 0.4) is 0 Å². The summed E-state index contributed by atoms with van der Waals surface area (Å²) >= 11 is 7.56. The minimum Gasteiger partial charge on any atom is -0.376 e. The second-order valence-corrected chi connectivity index (χ2v) is 6.49. The van der Waals surface area contributed by atoms with Crippen molar-refractivity contribution in [2.24, 2.45) is 5.73 Å². The van der Waals surface area contributed by atoms with Gasteiger partial charge in [0.25, 0.3) is 0 Å². The Bertz CT molecular complexity index is 686. The van der Waals surface area contributed by atoms with E-state index in [2.05, 4.69) is 5.32 Å². The van der Waals surface area contributed by atoms with Crippen LogP contribution < -0.4 is 11.1 Å². The first kappa shape index (κ1) is 13.4. The molecule has 0 saturated heterocycles.